The minimum Gasteiger partial charge on any atom is -0.508 e. The normalized spacial score (nSPS) is 15.0. The number of hydrogen-bond donors (Lipinski definition) is 2. The van der Waals surface area contributed by atoms with Crippen molar-refractivity contribution in [3.63, 3.8) is 0 Å². The van der Waals surface area contributed by atoms with E-state index in [9.17, 15) is 9.90 Å². The van der Waals surface area contributed by atoms with Crippen LogP contribution in [-0.4, -0.2) is 18.1 Å². The van der Waals surface area contributed by atoms with Crippen molar-refractivity contribution in [2.45, 2.75) is 19.3 Å². The minimum atomic E-state index is -0.124. The van der Waals surface area contributed by atoms with Crippen LogP contribution < -0.4 is 5.32 Å². The highest BCUT2D eigenvalue weighted by molar-refractivity contribution is 5.95. The van der Waals surface area contributed by atoms with Crippen LogP contribution in [0.1, 0.15) is 28.8 Å². The quantitative estimate of drug-likeness (QED) is 0.789. The van der Waals surface area contributed by atoms with Gasteiger partial charge >= 0.3 is 0 Å². The highest BCUT2D eigenvalue weighted by Gasteiger charge is 2.23. The predicted octanol–water partition coefficient (Wildman–Crippen LogP) is 1.70. The summed E-state index contributed by atoms with van der Waals surface area (Å²) in [5.74, 6) is 0.757. The summed E-state index contributed by atoms with van der Waals surface area (Å²) >= 11 is 0. The van der Waals surface area contributed by atoms with Gasteiger partial charge in [0.1, 0.15) is 5.75 Å². The third-order valence-corrected chi connectivity index (χ3v) is 2.77. The van der Waals surface area contributed by atoms with Gasteiger partial charge < -0.3 is 10.4 Å². The summed E-state index contributed by atoms with van der Waals surface area (Å²) in [6, 6.07) is 5.03. The highest BCUT2D eigenvalue weighted by atomic mass is 16.3. The molecule has 0 heterocycles. The van der Waals surface area contributed by atoms with Crippen LogP contribution in [-0.2, 0) is 6.42 Å². The number of carbonyl (C=O) groups excluding carboxylic acids is 1. The maximum absolute atomic E-state index is 11.6. The standard InChI is InChI=1S/C12H15NO2/c1-13-12(15)11-7-10(14)5-4-9(11)6-8-2-3-8/h4-5,7-8,14H,2-3,6H2,1H3,(H,13,15). The molecule has 0 aromatic heterocycles. The summed E-state index contributed by atoms with van der Waals surface area (Å²) in [4.78, 5) is 11.6. The molecule has 1 aromatic rings. The smallest absolute Gasteiger partial charge is 0.251 e. The number of rotatable bonds is 3. The fourth-order valence-corrected chi connectivity index (χ4v) is 1.72. The number of phenols is 1. The van der Waals surface area contributed by atoms with Crippen LogP contribution in [0.5, 0.6) is 5.75 Å². The molecule has 0 radical (unpaired) electrons. The average Bonchev–Trinajstić information content (AvgIpc) is 3.03. The van der Waals surface area contributed by atoms with Gasteiger partial charge in [0.2, 0.25) is 0 Å². The van der Waals surface area contributed by atoms with Crippen molar-refractivity contribution < 1.29 is 9.90 Å². The summed E-state index contributed by atoms with van der Waals surface area (Å²) in [6.07, 6.45) is 3.46. The van der Waals surface area contributed by atoms with E-state index in [4.69, 9.17) is 0 Å². The zero-order chi connectivity index (χ0) is 10.8. The second-order valence-corrected chi connectivity index (χ2v) is 4.07. The third-order valence-electron chi connectivity index (χ3n) is 2.77. The Morgan fingerprint density at radius 3 is 2.87 bits per heavy atom. The lowest BCUT2D eigenvalue weighted by atomic mass is 10.0. The topological polar surface area (TPSA) is 49.3 Å². The molecule has 0 bridgehead atoms. The van der Waals surface area contributed by atoms with Crippen LogP contribution in [0.15, 0.2) is 18.2 Å². The van der Waals surface area contributed by atoms with Crippen molar-refractivity contribution in [2.75, 3.05) is 7.05 Å². The molecule has 0 saturated heterocycles. The van der Waals surface area contributed by atoms with Gasteiger partial charge in [-0.3, -0.25) is 4.79 Å². The lowest BCUT2D eigenvalue weighted by Crippen LogP contribution is -2.19. The molecule has 1 aliphatic carbocycles. The van der Waals surface area contributed by atoms with Gasteiger partial charge in [-0.25, -0.2) is 0 Å². The van der Waals surface area contributed by atoms with Gasteiger partial charge in [0.25, 0.3) is 5.91 Å². The SMILES string of the molecule is CNC(=O)c1cc(O)ccc1CC1CC1. The van der Waals surface area contributed by atoms with Gasteiger partial charge in [0.15, 0.2) is 0 Å². The first-order valence-corrected chi connectivity index (χ1v) is 5.24. The molecule has 1 aliphatic rings. The molecule has 0 atom stereocenters. The fourth-order valence-electron chi connectivity index (χ4n) is 1.72. The molecule has 3 heteroatoms. The Morgan fingerprint density at radius 1 is 1.53 bits per heavy atom. The number of aromatic hydroxyl groups is 1. The average molecular weight is 205 g/mol. The van der Waals surface area contributed by atoms with Gasteiger partial charge in [-0.1, -0.05) is 6.07 Å². The number of benzene rings is 1. The van der Waals surface area contributed by atoms with Crippen LogP contribution in [0.4, 0.5) is 0 Å². The van der Waals surface area contributed by atoms with Gasteiger partial charge in [-0.05, 0) is 42.9 Å². The monoisotopic (exact) mass is 205 g/mol. The predicted molar refractivity (Wildman–Crippen MR) is 57.9 cm³/mol. The molecule has 1 aromatic carbocycles. The second-order valence-electron chi connectivity index (χ2n) is 4.07. The van der Waals surface area contributed by atoms with E-state index in [1.54, 1.807) is 13.1 Å². The summed E-state index contributed by atoms with van der Waals surface area (Å²) in [7, 11) is 1.60. The first-order valence-electron chi connectivity index (χ1n) is 5.24. The molecule has 0 spiro atoms. The largest absolute Gasteiger partial charge is 0.508 e. The lowest BCUT2D eigenvalue weighted by molar-refractivity contribution is 0.0961. The summed E-state index contributed by atoms with van der Waals surface area (Å²) in [6.45, 7) is 0. The van der Waals surface area contributed by atoms with Crippen molar-refractivity contribution in [1.82, 2.24) is 5.32 Å². The van der Waals surface area contributed by atoms with E-state index in [2.05, 4.69) is 5.32 Å². The maximum Gasteiger partial charge on any atom is 0.251 e. The zero-order valence-electron chi connectivity index (χ0n) is 8.79. The molecular weight excluding hydrogens is 190 g/mol. The van der Waals surface area contributed by atoms with Gasteiger partial charge in [0.05, 0.1) is 0 Å². The number of carbonyl (C=O) groups is 1. The molecule has 1 saturated carbocycles. The number of phenolic OH excluding ortho intramolecular Hbond substituents is 1. The molecule has 0 aliphatic heterocycles. The van der Waals surface area contributed by atoms with E-state index in [-0.39, 0.29) is 11.7 Å². The van der Waals surface area contributed by atoms with Crippen LogP contribution >= 0.6 is 0 Å². The van der Waals surface area contributed by atoms with Crippen molar-refractivity contribution in [2.24, 2.45) is 5.92 Å². The molecule has 2 rings (SSSR count). The Kier molecular flexibility index (Phi) is 2.62. The van der Waals surface area contributed by atoms with E-state index >= 15 is 0 Å². The molecular formula is C12H15NO2. The van der Waals surface area contributed by atoms with E-state index < -0.39 is 0 Å². The molecule has 3 nitrogen and oxygen atoms in total. The molecule has 1 amide bonds. The Labute approximate surface area is 89.1 Å². The summed E-state index contributed by atoms with van der Waals surface area (Å²) in [5, 5.41) is 11.9. The van der Waals surface area contributed by atoms with Crippen LogP contribution in [0.2, 0.25) is 0 Å². The maximum atomic E-state index is 11.6. The summed E-state index contributed by atoms with van der Waals surface area (Å²) in [5.41, 5.74) is 1.64. The Balaban J connectivity index is 2.29. The first kappa shape index (κ1) is 10.0. The van der Waals surface area contributed by atoms with E-state index in [1.807, 2.05) is 6.07 Å². The molecule has 1 fully saturated rings. The summed E-state index contributed by atoms with van der Waals surface area (Å²) < 4.78 is 0. The van der Waals surface area contributed by atoms with Crippen molar-refractivity contribution >= 4 is 5.91 Å². The second kappa shape index (κ2) is 3.93. The fraction of sp³-hybridized carbons (Fsp3) is 0.417. The number of amides is 1. The number of hydrogen-bond acceptors (Lipinski definition) is 2. The minimum absolute atomic E-state index is 0.124. The van der Waals surface area contributed by atoms with Crippen molar-refractivity contribution in [3.8, 4) is 5.75 Å². The molecule has 0 unspecified atom stereocenters. The Hall–Kier alpha value is -1.51. The first-order chi connectivity index (χ1) is 7.20. The Morgan fingerprint density at radius 2 is 2.27 bits per heavy atom. The van der Waals surface area contributed by atoms with Crippen LogP contribution in [0.3, 0.4) is 0 Å². The lowest BCUT2D eigenvalue weighted by Gasteiger charge is -2.08. The van der Waals surface area contributed by atoms with Gasteiger partial charge in [-0.15, -0.1) is 0 Å². The molecule has 80 valence electrons. The molecule has 15 heavy (non-hydrogen) atoms. The Bertz CT molecular complexity index is 383. The zero-order valence-corrected chi connectivity index (χ0v) is 8.79. The molecule has 2 N–H and O–H groups in total. The van der Waals surface area contributed by atoms with Gasteiger partial charge in [-0.2, -0.15) is 0 Å². The van der Waals surface area contributed by atoms with Crippen molar-refractivity contribution in [3.05, 3.63) is 29.3 Å². The van der Waals surface area contributed by atoms with E-state index in [1.165, 1.54) is 18.9 Å². The van der Waals surface area contributed by atoms with E-state index in [0.29, 0.717) is 5.56 Å². The number of nitrogens with one attached hydrogen (secondary N) is 1. The van der Waals surface area contributed by atoms with Gasteiger partial charge in [0, 0.05) is 12.6 Å². The third kappa shape index (κ3) is 2.29. The van der Waals surface area contributed by atoms with Crippen molar-refractivity contribution in [1.29, 1.82) is 0 Å². The highest BCUT2D eigenvalue weighted by Crippen LogP contribution is 2.34. The van der Waals surface area contributed by atoms with Crippen LogP contribution in [0.25, 0.3) is 0 Å². The van der Waals surface area contributed by atoms with E-state index in [0.717, 1.165) is 17.9 Å². The van der Waals surface area contributed by atoms with Crippen LogP contribution in [0, 0.1) is 5.92 Å².